The van der Waals surface area contributed by atoms with Crippen molar-refractivity contribution < 1.29 is 17.9 Å². The SMILES string of the molecule is N#Cc1nccnc1OC1CCC(NC(=O)c2ccc(S(=O)(=O)N3CCCC3)cc2)CC1. The van der Waals surface area contributed by atoms with Gasteiger partial charge in [0.25, 0.3) is 11.8 Å². The van der Waals surface area contributed by atoms with E-state index in [1.54, 1.807) is 12.1 Å². The minimum Gasteiger partial charge on any atom is -0.472 e. The largest absolute Gasteiger partial charge is 0.472 e. The summed E-state index contributed by atoms with van der Waals surface area (Å²) in [6, 6.07) is 8.10. The normalized spacial score (nSPS) is 21.6. The highest BCUT2D eigenvalue weighted by Gasteiger charge is 2.28. The highest BCUT2D eigenvalue weighted by atomic mass is 32.2. The first-order valence-corrected chi connectivity index (χ1v) is 12.2. The van der Waals surface area contributed by atoms with Crippen LogP contribution in [0.25, 0.3) is 0 Å². The fourth-order valence-corrected chi connectivity index (χ4v) is 5.61. The third kappa shape index (κ3) is 4.89. The number of hydrogen-bond acceptors (Lipinski definition) is 7. The van der Waals surface area contributed by atoms with E-state index in [1.165, 1.54) is 28.8 Å². The lowest BCUT2D eigenvalue weighted by Crippen LogP contribution is -2.39. The number of carbonyl (C=O) groups is 1. The van der Waals surface area contributed by atoms with E-state index in [2.05, 4.69) is 15.3 Å². The van der Waals surface area contributed by atoms with Crippen molar-refractivity contribution in [2.45, 2.75) is 55.6 Å². The Bertz CT molecular complexity index is 1100. The predicted octanol–water partition coefficient (Wildman–Crippen LogP) is 2.25. The zero-order chi connectivity index (χ0) is 22.6. The zero-order valence-corrected chi connectivity index (χ0v) is 18.4. The van der Waals surface area contributed by atoms with Gasteiger partial charge in [-0.15, -0.1) is 0 Å². The summed E-state index contributed by atoms with van der Waals surface area (Å²) in [6.45, 7) is 1.09. The van der Waals surface area contributed by atoms with E-state index in [4.69, 9.17) is 10.00 Å². The van der Waals surface area contributed by atoms with E-state index < -0.39 is 10.0 Å². The van der Waals surface area contributed by atoms with Gasteiger partial charge in [0.1, 0.15) is 12.2 Å². The average molecular weight is 456 g/mol. The van der Waals surface area contributed by atoms with Gasteiger partial charge in [-0.2, -0.15) is 9.57 Å². The van der Waals surface area contributed by atoms with Crippen molar-refractivity contribution in [2.75, 3.05) is 13.1 Å². The lowest BCUT2D eigenvalue weighted by molar-refractivity contribution is 0.0889. The quantitative estimate of drug-likeness (QED) is 0.708. The molecular weight excluding hydrogens is 430 g/mol. The molecule has 1 aliphatic carbocycles. The van der Waals surface area contributed by atoms with Crippen LogP contribution in [0.4, 0.5) is 0 Å². The van der Waals surface area contributed by atoms with E-state index >= 15 is 0 Å². The summed E-state index contributed by atoms with van der Waals surface area (Å²) >= 11 is 0. The van der Waals surface area contributed by atoms with Gasteiger partial charge in [-0.25, -0.2) is 18.4 Å². The van der Waals surface area contributed by atoms with Crippen molar-refractivity contribution in [1.29, 1.82) is 5.26 Å². The maximum absolute atomic E-state index is 12.6. The van der Waals surface area contributed by atoms with Crippen molar-refractivity contribution >= 4 is 15.9 Å². The molecule has 1 aromatic heterocycles. The molecule has 2 heterocycles. The molecule has 168 valence electrons. The standard InChI is InChI=1S/C22H25N5O4S/c23-15-20-22(25-12-11-24-20)31-18-7-5-17(6-8-18)26-21(28)16-3-9-19(10-4-16)32(29,30)27-13-1-2-14-27/h3-4,9-12,17-18H,1-2,5-8,13-14H2,(H,26,28). The third-order valence-corrected chi connectivity index (χ3v) is 7.79. The third-order valence-electron chi connectivity index (χ3n) is 5.88. The van der Waals surface area contributed by atoms with Gasteiger partial charge >= 0.3 is 0 Å². The van der Waals surface area contributed by atoms with Gasteiger partial charge in [-0.05, 0) is 62.8 Å². The van der Waals surface area contributed by atoms with Crippen LogP contribution in [0.1, 0.15) is 54.6 Å². The summed E-state index contributed by atoms with van der Waals surface area (Å²) in [5.41, 5.74) is 0.597. The molecule has 1 N–H and O–H groups in total. The Morgan fingerprint density at radius 1 is 1.06 bits per heavy atom. The Labute approximate surface area is 187 Å². The van der Waals surface area contributed by atoms with Gasteiger partial charge in [-0.3, -0.25) is 4.79 Å². The Hall–Kier alpha value is -3.03. The topological polar surface area (TPSA) is 125 Å². The Balaban J connectivity index is 1.30. The molecule has 0 spiro atoms. The maximum atomic E-state index is 12.6. The summed E-state index contributed by atoms with van der Waals surface area (Å²) in [6.07, 6.45) is 7.53. The monoisotopic (exact) mass is 455 g/mol. The number of nitrogens with zero attached hydrogens (tertiary/aromatic N) is 4. The molecule has 1 aromatic carbocycles. The van der Waals surface area contributed by atoms with Crippen LogP contribution < -0.4 is 10.1 Å². The molecule has 9 nitrogen and oxygen atoms in total. The van der Waals surface area contributed by atoms with Gasteiger partial charge in [0.15, 0.2) is 0 Å². The second kappa shape index (κ2) is 9.63. The smallest absolute Gasteiger partial charge is 0.251 e. The van der Waals surface area contributed by atoms with Crippen molar-refractivity contribution in [1.82, 2.24) is 19.6 Å². The Kier molecular flexibility index (Phi) is 6.67. The van der Waals surface area contributed by atoms with Crippen molar-refractivity contribution in [3.8, 4) is 11.9 Å². The van der Waals surface area contributed by atoms with Crippen LogP contribution in [0.15, 0.2) is 41.6 Å². The van der Waals surface area contributed by atoms with Crippen LogP contribution in [0.3, 0.4) is 0 Å². The summed E-state index contributed by atoms with van der Waals surface area (Å²) in [5, 5.41) is 12.1. The van der Waals surface area contributed by atoms with Crippen LogP contribution in [0.2, 0.25) is 0 Å². The second-order valence-corrected chi connectivity index (χ2v) is 9.96. The molecule has 2 aliphatic rings. The number of carbonyl (C=O) groups excluding carboxylic acids is 1. The molecule has 0 atom stereocenters. The van der Waals surface area contributed by atoms with Crippen LogP contribution in [-0.2, 0) is 10.0 Å². The van der Waals surface area contributed by atoms with Gasteiger partial charge in [0, 0.05) is 37.1 Å². The predicted molar refractivity (Wildman–Crippen MR) is 115 cm³/mol. The van der Waals surface area contributed by atoms with E-state index in [9.17, 15) is 13.2 Å². The fourth-order valence-electron chi connectivity index (χ4n) is 4.10. The highest BCUT2D eigenvalue weighted by molar-refractivity contribution is 7.89. The second-order valence-electron chi connectivity index (χ2n) is 8.02. The Morgan fingerprint density at radius 3 is 2.38 bits per heavy atom. The molecule has 0 unspecified atom stereocenters. The maximum Gasteiger partial charge on any atom is 0.251 e. The molecule has 0 bridgehead atoms. The van der Waals surface area contributed by atoms with Crippen molar-refractivity contribution in [2.24, 2.45) is 0 Å². The van der Waals surface area contributed by atoms with E-state index in [-0.39, 0.29) is 34.5 Å². The molecule has 32 heavy (non-hydrogen) atoms. The molecule has 1 amide bonds. The molecule has 0 radical (unpaired) electrons. The summed E-state index contributed by atoms with van der Waals surface area (Å²) in [5.74, 6) is 0.0200. The molecule has 1 saturated carbocycles. The van der Waals surface area contributed by atoms with Crippen LogP contribution in [0, 0.1) is 11.3 Å². The average Bonchev–Trinajstić information content (AvgIpc) is 3.37. The minimum absolute atomic E-state index is 0.00709. The fraction of sp³-hybridized carbons (Fsp3) is 0.455. The summed E-state index contributed by atoms with van der Waals surface area (Å²) in [4.78, 5) is 20.9. The molecular formula is C22H25N5O4S. The number of benzene rings is 1. The van der Waals surface area contributed by atoms with Gasteiger partial charge in [0.2, 0.25) is 15.7 Å². The van der Waals surface area contributed by atoms with Crippen LogP contribution >= 0.6 is 0 Å². The lowest BCUT2D eigenvalue weighted by atomic mass is 9.92. The van der Waals surface area contributed by atoms with E-state index in [0.717, 1.165) is 38.5 Å². The van der Waals surface area contributed by atoms with Crippen LogP contribution in [0.5, 0.6) is 5.88 Å². The molecule has 1 saturated heterocycles. The number of rotatable bonds is 6. The van der Waals surface area contributed by atoms with Crippen molar-refractivity contribution in [3.05, 3.63) is 47.9 Å². The van der Waals surface area contributed by atoms with Gasteiger partial charge < -0.3 is 10.1 Å². The number of nitriles is 1. The van der Waals surface area contributed by atoms with Crippen LogP contribution in [-0.4, -0.2) is 53.8 Å². The first-order chi connectivity index (χ1) is 15.5. The van der Waals surface area contributed by atoms with Crippen molar-refractivity contribution in [3.63, 3.8) is 0 Å². The molecule has 10 heteroatoms. The molecule has 1 aliphatic heterocycles. The van der Waals surface area contributed by atoms with E-state index in [1.807, 2.05) is 6.07 Å². The summed E-state index contributed by atoms with van der Waals surface area (Å²) < 4.78 is 32.6. The number of hydrogen-bond donors (Lipinski definition) is 1. The van der Waals surface area contributed by atoms with E-state index in [0.29, 0.717) is 18.7 Å². The number of ether oxygens (including phenoxy) is 1. The first-order valence-electron chi connectivity index (χ1n) is 10.8. The number of nitrogens with one attached hydrogen (secondary N) is 1. The zero-order valence-electron chi connectivity index (χ0n) is 17.6. The molecule has 2 aromatic rings. The minimum atomic E-state index is -3.49. The Morgan fingerprint density at radius 2 is 1.72 bits per heavy atom. The highest BCUT2D eigenvalue weighted by Crippen LogP contribution is 2.25. The molecule has 4 rings (SSSR count). The van der Waals surface area contributed by atoms with Gasteiger partial charge in [0.05, 0.1) is 4.90 Å². The number of amides is 1. The lowest BCUT2D eigenvalue weighted by Gasteiger charge is -2.29. The first kappa shape index (κ1) is 22.2. The number of aromatic nitrogens is 2. The summed E-state index contributed by atoms with van der Waals surface area (Å²) in [7, 11) is -3.49. The number of sulfonamides is 1. The van der Waals surface area contributed by atoms with Gasteiger partial charge in [-0.1, -0.05) is 0 Å². The molecule has 2 fully saturated rings.